The molecule has 2 unspecified atom stereocenters. The fourth-order valence-electron chi connectivity index (χ4n) is 3.76. The van der Waals surface area contributed by atoms with E-state index in [4.69, 9.17) is 0 Å². The summed E-state index contributed by atoms with van der Waals surface area (Å²) in [5, 5.41) is 8.05. The van der Waals surface area contributed by atoms with Gasteiger partial charge in [-0.2, -0.15) is 0 Å². The first-order chi connectivity index (χ1) is 13.5. The molecule has 0 bridgehead atoms. The Morgan fingerprint density at radius 2 is 1.64 bits per heavy atom. The van der Waals surface area contributed by atoms with Crippen molar-refractivity contribution in [2.75, 3.05) is 11.5 Å². The molecule has 1 aliphatic rings. The maximum atomic E-state index is 12.7. The molecule has 1 fully saturated rings. The number of fused-ring (bicyclic) bond motifs is 1. The van der Waals surface area contributed by atoms with E-state index < -0.39 is 9.84 Å². The van der Waals surface area contributed by atoms with Crippen molar-refractivity contribution in [1.82, 2.24) is 10.6 Å². The lowest BCUT2D eigenvalue weighted by Gasteiger charge is -2.23. The topological polar surface area (TPSA) is 75.3 Å². The number of urea groups is 1. The van der Waals surface area contributed by atoms with Crippen molar-refractivity contribution in [1.29, 1.82) is 0 Å². The van der Waals surface area contributed by atoms with E-state index in [1.54, 1.807) is 0 Å². The molecule has 0 saturated carbocycles. The maximum Gasteiger partial charge on any atom is 0.315 e. The summed E-state index contributed by atoms with van der Waals surface area (Å²) in [5.41, 5.74) is 1.96. The first kappa shape index (κ1) is 18.5. The van der Waals surface area contributed by atoms with E-state index in [0.29, 0.717) is 6.42 Å². The van der Waals surface area contributed by atoms with Gasteiger partial charge in [0.1, 0.15) is 0 Å². The van der Waals surface area contributed by atoms with E-state index in [1.807, 2.05) is 72.8 Å². The van der Waals surface area contributed by atoms with Gasteiger partial charge in [-0.3, -0.25) is 0 Å². The number of amides is 2. The van der Waals surface area contributed by atoms with Crippen LogP contribution in [0.1, 0.15) is 23.6 Å². The molecule has 0 aromatic heterocycles. The van der Waals surface area contributed by atoms with E-state index in [-0.39, 0.29) is 29.6 Å². The Kier molecular flexibility index (Phi) is 5.05. The molecule has 1 aliphatic heterocycles. The summed E-state index contributed by atoms with van der Waals surface area (Å²) >= 11 is 0. The SMILES string of the molecule is O=C(NC1CCS(=O)(=O)C1)NC(c1ccccc1)c1cccc2ccccc12. The number of carbonyl (C=O) groups excluding carboxylic acids is 1. The summed E-state index contributed by atoms with van der Waals surface area (Å²) in [6.45, 7) is 0. The van der Waals surface area contributed by atoms with Gasteiger partial charge < -0.3 is 10.6 Å². The van der Waals surface area contributed by atoms with Crippen LogP contribution in [0.2, 0.25) is 0 Å². The zero-order chi connectivity index (χ0) is 19.6. The minimum absolute atomic E-state index is 0.00465. The third-order valence-electron chi connectivity index (χ3n) is 5.11. The Morgan fingerprint density at radius 1 is 0.929 bits per heavy atom. The molecule has 0 radical (unpaired) electrons. The van der Waals surface area contributed by atoms with Gasteiger partial charge in [-0.15, -0.1) is 0 Å². The highest BCUT2D eigenvalue weighted by atomic mass is 32.2. The first-order valence-corrected chi connectivity index (χ1v) is 11.1. The van der Waals surface area contributed by atoms with Gasteiger partial charge in [0, 0.05) is 6.04 Å². The smallest absolute Gasteiger partial charge is 0.315 e. The largest absolute Gasteiger partial charge is 0.334 e. The zero-order valence-electron chi connectivity index (χ0n) is 15.3. The standard InChI is InChI=1S/C22H22N2O3S/c25-22(23-18-13-14-28(26,27)15-18)24-21(17-8-2-1-3-9-17)20-12-6-10-16-7-4-5-11-19(16)20/h1-12,18,21H,13-15H2,(H2,23,24,25). The number of hydrogen-bond donors (Lipinski definition) is 2. The van der Waals surface area contributed by atoms with Gasteiger partial charge in [-0.1, -0.05) is 72.8 Å². The van der Waals surface area contributed by atoms with Crippen molar-refractivity contribution in [2.45, 2.75) is 18.5 Å². The van der Waals surface area contributed by atoms with Gasteiger partial charge in [-0.05, 0) is 28.3 Å². The van der Waals surface area contributed by atoms with Crippen molar-refractivity contribution in [3.63, 3.8) is 0 Å². The summed E-state index contributed by atoms with van der Waals surface area (Å²) in [5.74, 6) is 0.133. The van der Waals surface area contributed by atoms with Crippen molar-refractivity contribution < 1.29 is 13.2 Å². The van der Waals surface area contributed by atoms with Crippen LogP contribution in [-0.4, -0.2) is 32.0 Å². The highest BCUT2D eigenvalue weighted by Crippen LogP contribution is 2.29. The zero-order valence-corrected chi connectivity index (χ0v) is 16.2. The number of carbonyl (C=O) groups is 1. The summed E-state index contributed by atoms with van der Waals surface area (Å²) < 4.78 is 23.3. The van der Waals surface area contributed by atoms with Crippen molar-refractivity contribution in [3.05, 3.63) is 83.9 Å². The van der Waals surface area contributed by atoms with Gasteiger partial charge in [-0.25, -0.2) is 13.2 Å². The van der Waals surface area contributed by atoms with Crippen LogP contribution in [0.25, 0.3) is 10.8 Å². The van der Waals surface area contributed by atoms with Gasteiger partial charge in [0.15, 0.2) is 9.84 Å². The Hall–Kier alpha value is -2.86. The molecular weight excluding hydrogens is 372 g/mol. The average Bonchev–Trinajstić information content (AvgIpc) is 3.04. The van der Waals surface area contributed by atoms with E-state index in [1.165, 1.54) is 0 Å². The van der Waals surface area contributed by atoms with E-state index in [0.717, 1.165) is 21.9 Å². The lowest BCUT2D eigenvalue weighted by atomic mass is 9.94. The fourth-order valence-corrected chi connectivity index (χ4v) is 5.43. The molecule has 1 heterocycles. The molecule has 4 rings (SSSR count). The van der Waals surface area contributed by atoms with Crippen molar-refractivity contribution in [2.24, 2.45) is 0 Å². The fraction of sp³-hybridized carbons (Fsp3) is 0.227. The van der Waals surface area contributed by atoms with Crippen LogP contribution in [0.4, 0.5) is 4.79 Å². The highest BCUT2D eigenvalue weighted by Gasteiger charge is 2.29. The molecule has 144 valence electrons. The van der Waals surface area contributed by atoms with Crippen molar-refractivity contribution >= 4 is 26.6 Å². The van der Waals surface area contributed by atoms with Gasteiger partial charge >= 0.3 is 6.03 Å². The van der Waals surface area contributed by atoms with Crippen LogP contribution in [0.3, 0.4) is 0 Å². The minimum Gasteiger partial charge on any atom is -0.334 e. The summed E-state index contributed by atoms with van der Waals surface area (Å²) in [4.78, 5) is 12.7. The summed E-state index contributed by atoms with van der Waals surface area (Å²) in [6.07, 6.45) is 0.458. The molecule has 0 aliphatic carbocycles. The Labute approximate surface area is 164 Å². The predicted molar refractivity (Wildman–Crippen MR) is 111 cm³/mol. The number of sulfone groups is 1. The molecule has 1 saturated heterocycles. The molecule has 5 nitrogen and oxygen atoms in total. The van der Waals surface area contributed by atoms with Gasteiger partial charge in [0.25, 0.3) is 0 Å². The Balaban J connectivity index is 1.64. The number of rotatable bonds is 4. The van der Waals surface area contributed by atoms with E-state index in [2.05, 4.69) is 10.6 Å². The second-order valence-corrected chi connectivity index (χ2v) is 9.36. The lowest BCUT2D eigenvalue weighted by molar-refractivity contribution is 0.236. The van der Waals surface area contributed by atoms with Crippen LogP contribution in [-0.2, 0) is 9.84 Å². The molecule has 3 aromatic rings. The molecule has 28 heavy (non-hydrogen) atoms. The third-order valence-corrected chi connectivity index (χ3v) is 6.88. The second kappa shape index (κ2) is 7.64. The van der Waals surface area contributed by atoms with Crippen LogP contribution < -0.4 is 10.6 Å². The summed E-state index contributed by atoms with van der Waals surface area (Å²) in [6, 6.07) is 22.8. The quantitative estimate of drug-likeness (QED) is 0.712. The number of hydrogen-bond acceptors (Lipinski definition) is 3. The van der Waals surface area contributed by atoms with Crippen molar-refractivity contribution in [3.8, 4) is 0 Å². The van der Waals surface area contributed by atoms with Gasteiger partial charge in [0.05, 0.1) is 17.5 Å². The van der Waals surface area contributed by atoms with Gasteiger partial charge in [0.2, 0.25) is 0 Å². The predicted octanol–water partition coefficient (Wildman–Crippen LogP) is 3.42. The van der Waals surface area contributed by atoms with Crippen LogP contribution in [0.5, 0.6) is 0 Å². The highest BCUT2D eigenvalue weighted by molar-refractivity contribution is 7.91. The molecule has 2 N–H and O–H groups in total. The normalized spacial score (nSPS) is 19.2. The third kappa shape index (κ3) is 4.02. The molecule has 6 heteroatoms. The van der Waals surface area contributed by atoms with Crippen LogP contribution >= 0.6 is 0 Å². The molecular formula is C22H22N2O3S. The molecule has 3 aromatic carbocycles. The lowest BCUT2D eigenvalue weighted by Crippen LogP contribution is -2.44. The van der Waals surface area contributed by atoms with Crippen LogP contribution in [0, 0.1) is 0 Å². The second-order valence-electron chi connectivity index (χ2n) is 7.13. The van der Waals surface area contributed by atoms with Crippen LogP contribution in [0.15, 0.2) is 72.8 Å². The monoisotopic (exact) mass is 394 g/mol. The van der Waals surface area contributed by atoms with E-state index >= 15 is 0 Å². The average molecular weight is 394 g/mol. The Morgan fingerprint density at radius 3 is 2.39 bits per heavy atom. The summed E-state index contributed by atoms with van der Waals surface area (Å²) in [7, 11) is -3.05. The number of benzene rings is 3. The molecule has 2 atom stereocenters. The minimum atomic E-state index is -3.05. The Bertz CT molecular complexity index is 1090. The maximum absolute atomic E-state index is 12.7. The first-order valence-electron chi connectivity index (χ1n) is 9.32. The van der Waals surface area contributed by atoms with E-state index in [9.17, 15) is 13.2 Å². The molecule has 0 spiro atoms. The number of nitrogens with one attached hydrogen (secondary N) is 2. The molecule has 2 amide bonds.